The summed E-state index contributed by atoms with van der Waals surface area (Å²) < 4.78 is 0. The second-order valence-corrected chi connectivity index (χ2v) is 7.59. The average Bonchev–Trinajstić information content (AvgIpc) is 3.20. The van der Waals surface area contributed by atoms with Crippen molar-refractivity contribution in [1.29, 1.82) is 0 Å². The third-order valence-corrected chi connectivity index (χ3v) is 5.00. The molecule has 1 aromatic heterocycles. The largest absolute Gasteiger partial charge is 0.480 e. The van der Waals surface area contributed by atoms with Crippen LogP contribution < -0.4 is 27.4 Å². The fourth-order valence-corrected chi connectivity index (χ4v) is 3.19. The minimum atomic E-state index is -1.53. The van der Waals surface area contributed by atoms with Crippen molar-refractivity contribution in [3.8, 4) is 0 Å². The van der Waals surface area contributed by atoms with E-state index in [4.69, 9.17) is 21.7 Å². The number of nitrogens with two attached hydrogens (primary N) is 2. The molecule has 0 radical (unpaired) electrons. The molecule has 184 valence electrons. The number of aromatic amines is 1. The number of amides is 4. The molecule has 10 N–H and O–H groups in total. The lowest BCUT2D eigenvalue weighted by Crippen LogP contribution is -2.54. The number of H-pyrrole nitrogens is 1. The maximum Gasteiger partial charge on any atom is 0.328 e. The zero-order valence-corrected chi connectivity index (χ0v) is 18.2. The Morgan fingerprint density at radius 2 is 1.74 bits per heavy atom. The zero-order valence-electron chi connectivity index (χ0n) is 18.2. The number of aliphatic hydroxyl groups excluding tert-OH is 1. The van der Waals surface area contributed by atoms with E-state index < -0.39 is 60.9 Å². The molecule has 3 atom stereocenters. The van der Waals surface area contributed by atoms with E-state index in [1.807, 2.05) is 29.6 Å². The van der Waals surface area contributed by atoms with Gasteiger partial charge in [0.25, 0.3) is 0 Å². The highest BCUT2D eigenvalue weighted by molar-refractivity contribution is 5.93. The Kier molecular flexibility index (Phi) is 9.52. The normalized spacial score (nSPS) is 13.5. The first-order chi connectivity index (χ1) is 16.1. The van der Waals surface area contributed by atoms with Crippen molar-refractivity contribution in [2.24, 2.45) is 11.5 Å². The van der Waals surface area contributed by atoms with Crippen molar-refractivity contribution in [3.05, 3.63) is 36.0 Å². The molecule has 1 heterocycles. The molecule has 2 aromatic rings. The lowest BCUT2D eigenvalue weighted by molar-refractivity contribution is -0.142. The summed E-state index contributed by atoms with van der Waals surface area (Å²) in [4.78, 5) is 62.1. The summed E-state index contributed by atoms with van der Waals surface area (Å²) in [5, 5.41) is 25.4. The summed E-state index contributed by atoms with van der Waals surface area (Å²) in [6, 6.07) is 3.73. The number of aromatic nitrogens is 1. The van der Waals surface area contributed by atoms with Gasteiger partial charge in [-0.3, -0.25) is 19.2 Å². The molecule has 0 fully saturated rings. The van der Waals surface area contributed by atoms with Crippen molar-refractivity contribution in [2.45, 2.75) is 37.4 Å². The molecular weight excluding hydrogens is 448 g/mol. The molecule has 3 unspecified atom stereocenters. The Balaban J connectivity index is 1.98. The molecule has 4 amide bonds. The Labute approximate surface area is 194 Å². The van der Waals surface area contributed by atoms with Crippen molar-refractivity contribution < 1.29 is 34.2 Å². The van der Waals surface area contributed by atoms with Gasteiger partial charge in [0.05, 0.1) is 19.2 Å². The lowest BCUT2D eigenvalue weighted by Gasteiger charge is -2.20. The summed E-state index contributed by atoms with van der Waals surface area (Å²) in [7, 11) is 0. The predicted octanol–water partition coefficient (Wildman–Crippen LogP) is -2.53. The summed E-state index contributed by atoms with van der Waals surface area (Å²) in [5.41, 5.74) is 12.9. The lowest BCUT2D eigenvalue weighted by atomic mass is 10.0. The topological polar surface area (TPSA) is 230 Å². The molecule has 0 saturated heterocycles. The van der Waals surface area contributed by atoms with Crippen LogP contribution in [0.5, 0.6) is 0 Å². The van der Waals surface area contributed by atoms with Crippen LogP contribution in [0.4, 0.5) is 0 Å². The third kappa shape index (κ3) is 7.56. The van der Waals surface area contributed by atoms with Gasteiger partial charge in [0.1, 0.15) is 12.1 Å². The molecule has 0 spiro atoms. The van der Waals surface area contributed by atoms with E-state index in [1.165, 1.54) is 0 Å². The number of carboxylic acid groups (broad SMARTS) is 1. The van der Waals surface area contributed by atoms with Gasteiger partial charge in [-0.1, -0.05) is 18.2 Å². The molecule has 0 aliphatic rings. The number of primary amides is 1. The average molecular weight is 476 g/mol. The fraction of sp³-hybridized carbons (Fsp3) is 0.381. The number of carbonyl (C=O) groups is 5. The van der Waals surface area contributed by atoms with Gasteiger partial charge in [-0.25, -0.2) is 4.79 Å². The quantitative estimate of drug-likeness (QED) is 0.153. The number of aliphatic carboxylic acids is 1. The molecule has 0 aliphatic carbocycles. The van der Waals surface area contributed by atoms with Crippen molar-refractivity contribution in [2.75, 3.05) is 13.2 Å². The Hall–Kier alpha value is -3.97. The van der Waals surface area contributed by atoms with E-state index in [0.717, 1.165) is 16.5 Å². The summed E-state index contributed by atoms with van der Waals surface area (Å²) >= 11 is 0. The Bertz CT molecular complexity index is 1050. The van der Waals surface area contributed by atoms with Crippen molar-refractivity contribution in [3.63, 3.8) is 0 Å². The fourth-order valence-electron chi connectivity index (χ4n) is 3.19. The smallest absolute Gasteiger partial charge is 0.328 e. The Morgan fingerprint density at radius 3 is 2.38 bits per heavy atom. The highest BCUT2D eigenvalue weighted by Crippen LogP contribution is 2.18. The highest BCUT2D eigenvalue weighted by Gasteiger charge is 2.26. The molecule has 0 bridgehead atoms. The van der Waals surface area contributed by atoms with Crippen molar-refractivity contribution >= 4 is 40.5 Å². The standard InChI is InChI=1S/C21H28N6O7/c22-13(7-11-8-24-14-4-2-1-3-12(11)14)19(31)27-15(5-6-17(23)29)20(32)25-9-18(30)26-16(10-28)21(33)34/h1-4,8,13,15-16,24,28H,5-7,9-10,22H2,(H2,23,29)(H,25,32)(H,26,30)(H,27,31)(H,33,34). The van der Waals surface area contributed by atoms with Crippen LogP contribution in [0.3, 0.4) is 0 Å². The van der Waals surface area contributed by atoms with E-state index >= 15 is 0 Å². The SMILES string of the molecule is NC(=O)CCC(NC(=O)C(N)Cc1c[nH]c2ccccc12)C(=O)NCC(=O)NC(CO)C(=O)O. The summed E-state index contributed by atoms with van der Waals surface area (Å²) in [6.07, 6.45) is 1.57. The number of carbonyl (C=O) groups excluding carboxylic acids is 4. The van der Waals surface area contributed by atoms with Crippen LogP contribution in [0.25, 0.3) is 10.9 Å². The van der Waals surface area contributed by atoms with Crippen LogP contribution in [0.2, 0.25) is 0 Å². The first-order valence-corrected chi connectivity index (χ1v) is 10.4. The van der Waals surface area contributed by atoms with Crippen LogP contribution >= 0.6 is 0 Å². The second kappa shape index (κ2) is 12.3. The highest BCUT2D eigenvalue weighted by atomic mass is 16.4. The number of aliphatic hydroxyl groups is 1. The third-order valence-electron chi connectivity index (χ3n) is 5.00. The minimum absolute atomic E-state index is 0.136. The van der Waals surface area contributed by atoms with Crippen molar-refractivity contribution in [1.82, 2.24) is 20.9 Å². The first-order valence-electron chi connectivity index (χ1n) is 10.4. The van der Waals surface area contributed by atoms with Gasteiger partial charge in [0, 0.05) is 23.5 Å². The maximum atomic E-state index is 12.6. The molecule has 0 saturated carbocycles. The van der Waals surface area contributed by atoms with E-state index in [9.17, 15) is 24.0 Å². The second-order valence-electron chi connectivity index (χ2n) is 7.59. The monoisotopic (exact) mass is 476 g/mol. The number of hydrogen-bond acceptors (Lipinski definition) is 7. The summed E-state index contributed by atoms with van der Waals surface area (Å²) in [6.45, 7) is -1.45. The predicted molar refractivity (Wildman–Crippen MR) is 120 cm³/mol. The van der Waals surface area contributed by atoms with Crippen LogP contribution in [0, 0.1) is 0 Å². The molecule has 34 heavy (non-hydrogen) atoms. The number of benzene rings is 1. The maximum absolute atomic E-state index is 12.6. The molecular formula is C21H28N6O7. The van der Waals surface area contributed by atoms with Crippen LogP contribution in [0.15, 0.2) is 30.5 Å². The molecule has 2 rings (SSSR count). The van der Waals surface area contributed by atoms with Gasteiger partial charge in [0.15, 0.2) is 0 Å². The van der Waals surface area contributed by atoms with E-state index in [1.54, 1.807) is 6.20 Å². The van der Waals surface area contributed by atoms with Crippen LogP contribution in [-0.4, -0.2) is 76.1 Å². The molecule has 1 aromatic carbocycles. The first kappa shape index (κ1) is 26.3. The number of rotatable bonds is 13. The van der Waals surface area contributed by atoms with Crippen LogP contribution in [-0.2, 0) is 30.4 Å². The van der Waals surface area contributed by atoms with Gasteiger partial charge < -0.3 is 42.6 Å². The Morgan fingerprint density at radius 1 is 1.03 bits per heavy atom. The van der Waals surface area contributed by atoms with Gasteiger partial charge in [0.2, 0.25) is 23.6 Å². The van der Waals surface area contributed by atoms with E-state index in [0.29, 0.717) is 0 Å². The molecule has 13 nitrogen and oxygen atoms in total. The number of fused-ring (bicyclic) bond motifs is 1. The number of carboxylic acids is 1. The minimum Gasteiger partial charge on any atom is -0.480 e. The van der Waals surface area contributed by atoms with Gasteiger partial charge in [-0.2, -0.15) is 0 Å². The zero-order chi connectivity index (χ0) is 25.3. The number of hydrogen-bond donors (Lipinski definition) is 8. The number of nitrogens with one attached hydrogen (secondary N) is 4. The van der Waals surface area contributed by atoms with Crippen LogP contribution in [0.1, 0.15) is 18.4 Å². The summed E-state index contributed by atoms with van der Waals surface area (Å²) in [5.74, 6) is -4.45. The molecule has 13 heteroatoms. The van der Waals surface area contributed by atoms with Gasteiger partial charge >= 0.3 is 5.97 Å². The van der Waals surface area contributed by atoms with Gasteiger partial charge in [-0.15, -0.1) is 0 Å². The van der Waals surface area contributed by atoms with E-state index in [-0.39, 0.29) is 19.3 Å². The number of para-hydroxylation sites is 1. The van der Waals surface area contributed by atoms with Gasteiger partial charge in [-0.05, 0) is 24.5 Å². The molecule has 0 aliphatic heterocycles. The van der Waals surface area contributed by atoms with E-state index in [2.05, 4.69) is 15.6 Å².